The van der Waals surface area contributed by atoms with Gasteiger partial charge in [-0.25, -0.2) is 9.78 Å². The molecule has 186 valence electrons. The Hall–Kier alpha value is -3.53. The highest BCUT2D eigenvalue weighted by Gasteiger charge is 2.39. The van der Waals surface area contributed by atoms with Crippen LogP contribution in [0.3, 0.4) is 0 Å². The van der Waals surface area contributed by atoms with Crippen LogP contribution in [-0.2, 0) is 23.9 Å². The van der Waals surface area contributed by atoms with Crippen LogP contribution in [0.4, 0.5) is 0 Å². The van der Waals surface area contributed by atoms with E-state index in [4.69, 9.17) is 32.7 Å². The number of carboxylic acid groups (broad SMARTS) is 1. The number of nitrogens with one attached hydrogen (secondary N) is 2. The lowest BCUT2D eigenvalue weighted by Crippen LogP contribution is -2.47. The highest BCUT2D eigenvalue weighted by molar-refractivity contribution is 6.46. The van der Waals surface area contributed by atoms with E-state index in [0.29, 0.717) is 41.2 Å². The first-order valence-electron chi connectivity index (χ1n) is 11.1. The lowest BCUT2D eigenvalue weighted by Gasteiger charge is -2.29. The van der Waals surface area contributed by atoms with Crippen LogP contribution in [0.1, 0.15) is 38.7 Å². The molecule has 1 amide bonds. The number of carbonyl (C=O) groups is 2. The molecule has 0 bridgehead atoms. The molecule has 4 aromatic rings. The van der Waals surface area contributed by atoms with E-state index in [2.05, 4.69) is 15.3 Å². The molecule has 0 radical (unpaired) electrons. The zero-order chi connectivity index (χ0) is 25.4. The number of aromatic carboxylic acids is 1. The van der Waals surface area contributed by atoms with Gasteiger partial charge in [0.2, 0.25) is 0 Å². The van der Waals surface area contributed by atoms with Crippen molar-refractivity contribution in [2.24, 2.45) is 7.05 Å². The summed E-state index contributed by atoms with van der Waals surface area (Å²) in [6.45, 7) is 0.913. The van der Waals surface area contributed by atoms with Crippen LogP contribution in [0, 0.1) is 0 Å². The van der Waals surface area contributed by atoms with Crippen molar-refractivity contribution in [3.05, 3.63) is 81.5 Å². The van der Waals surface area contributed by atoms with E-state index >= 15 is 0 Å². The average Bonchev–Trinajstić information content (AvgIpc) is 3.62. The maximum Gasteiger partial charge on any atom is 0.335 e. The van der Waals surface area contributed by atoms with Crippen molar-refractivity contribution < 1.29 is 24.2 Å². The monoisotopic (exact) mass is 528 g/mol. The Morgan fingerprint density at radius 2 is 2.03 bits per heavy atom. The summed E-state index contributed by atoms with van der Waals surface area (Å²) in [6.07, 6.45) is 3.87. The summed E-state index contributed by atoms with van der Waals surface area (Å²) >= 11 is 13.0. The summed E-state index contributed by atoms with van der Waals surface area (Å²) in [5, 5.41) is 13.5. The Bertz CT molecular complexity index is 1440. The molecule has 11 heteroatoms. The van der Waals surface area contributed by atoms with Crippen LogP contribution in [0.2, 0.25) is 10.0 Å². The first-order valence-corrected chi connectivity index (χ1v) is 11.9. The first kappa shape index (κ1) is 24.2. The zero-order valence-electron chi connectivity index (χ0n) is 19.2. The summed E-state index contributed by atoms with van der Waals surface area (Å²) in [4.78, 5) is 31.8. The molecule has 36 heavy (non-hydrogen) atoms. The molecule has 9 nitrogen and oxygen atoms in total. The number of ether oxygens (including phenoxy) is 2. The second-order valence-corrected chi connectivity index (χ2v) is 9.33. The smallest absolute Gasteiger partial charge is 0.335 e. The normalized spacial score (nSPS) is 17.4. The van der Waals surface area contributed by atoms with Crippen molar-refractivity contribution in [2.45, 2.75) is 18.6 Å². The largest absolute Gasteiger partial charge is 0.484 e. The molecule has 0 aliphatic carbocycles. The van der Waals surface area contributed by atoms with Gasteiger partial charge in [0.05, 0.1) is 28.2 Å². The van der Waals surface area contributed by atoms with E-state index in [1.165, 1.54) is 12.1 Å². The molecule has 1 atom stereocenters. The maximum atomic E-state index is 13.5. The molecular formula is C25H22Cl2N4O5. The number of H-pyrrole nitrogens is 1. The van der Waals surface area contributed by atoms with E-state index in [9.17, 15) is 14.7 Å². The molecule has 1 saturated heterocycles. The minimum absolute atomic E-state index is 0.171. The fraction of sp³-hybridized carbons (Fsp3) is 0.240. The third-order valence-corrected chi connectivity index (χ3v) is 7.27. The van der Waals surface area contributed by atoms with Crippen molar-refractivity contribution in [1.29, 1.82) is 0 Å². The Morgan fingerprint density at radius 3 is 2.67 bits per heavy atom. The number of carboxylic acids is 1. The number of imidazole rings is 1. The number of rotatable bonds is 7. The van der Waals surface area contributed by atoms with E-state index < -0.39 is 11.5 Å². The maximum absolute atomic E-state index is 13.5. The van der Waals surface area contributed by atoms with Crippen molar-refractivity contribution in [3.8, 4) is 5.75 Å². The molecule has 1 fully saturated rings. The number of hydrogen-bond acceptors (Lipinski definition) is 5. The number of carbonyl (C=O) groups excluding carboxylic acids is 1. The number of nitrogens with zero attached hydrogens (tertiary/aromatic N) is 2. The highest BCUT2D eigenvalue weighted by Crippen LogP contribution is 2.40. The number of aryl methyl sites for hydroxylation is 1. The molecule has 0 saturated carbocycles. The number of aromatic amines is 1. The van der Waals surface area contributed by atoms with Gasteiger partial charge in [-0.15, -0.1) is 0 Å². The number of hydrogen-bond donors (Lipinski definition) is 3. The number of aromatic nitrogens is 3. The first-order chi connectivity index (χ1) is 17.3. The second kappa shape index (κ2) is 9.50. The Balaban J connectivity index is 1.45. The lowest BCUT2D eigenvalue weighted by atomic mass is 9.88. The predicted molar refractivity (Wildman–Crippen MR) is 134 cm³/mol. The summed E-state index contributed by atoms with van der Waals surface area (Å²) in [6, 6.07) is 9.88. The summed E-state index contributed by atoms with van der Waals surface area (Å²) in [5.41, 5.74) is 1.20. The minimum atomic E-state index is -1.01. The third kappa shape index (κ3) is 4.30. The van der Waals surface area contributed by atoms with Crippen molar-refractivity contribution in [2.75, 3.05) is 13.2 Å². The van der Waals surface area contributed by atoms with E-state index in [1.54, 1.807) is 48.3 Å². The fourth-order valence-electron chi connectivity index (χ4n) is 4.40. The summed E-state index contributed by atoms with van der Waals surface area (Å²) in [7, 11) is 1.76. The third-order valence-electron chi connectivity index (χ3n) is 6.40. The summed E-state index contributed by atoms with van der Waals surface area (Å²) < 4.78 is 13.2. The van der Waals surface area contributed by atoms with Gasteiger partial charge < -0.3 is 29.4 Å². The fourth-order valence-corrected chi connectivity index (χ4v) is 4.86. The second-order valence-electron chi connectivity index (χ2n) is 8.57. The van der Waals surface area contributed by atoms with Gasteiger partial charge in [0.25, 0.3) is 5.91 Å². The van der Waals surface area contributed by atoms with Crippen LogP contribution >= 0.6 is 23.2 Å². The Morgan fingerprint density at radius 1 is 1.25 bits per heavy atom. The van der Waals surface area contributed by atoms with Crippen LogP contribution < -0.4 is 10.1 Å². The van der Waals surface area contributed by atoms with Crippen molar-refractivity contribution in [1.82, 2.24) is 19.9 Å². The van der Waals surface area contributed by atoms with Crippen LogP contribution in [0.15, 0.2) is 48.8 Å². The average molecular weight is 529 g/mol. The Kier molecular flexibility index (Phi) is 6.38. The van der Waals surface area contributed by atoms with Crippen molar-refractivity contribution in [3.63, 3.8) is 0 Å². The van der Waals surface area contributed by atoms with Gasteiger partial charge in [0.1, 0.15) is 28.9 Å². The quantitative estimate of drug-likeness (QED) is 0.324. The standard InChI is InChI=1S/C25H22Cl2N4O5/c1-31-17-11-19(36-12-20-28-7-8-29-20)22(27)21(26)16(17)10-18(31)23(32)30-25(6-9-35-13-25)15-4-2-14(3-5-15)24(33)34/h2-5,7-8,10-11H,6,9,12-13H2,1H3,(H,28,29)(H,30,32)(H,33,34). The number of fused-ring (bicyclic) bond motifs is 1. The predicted octanol–water partition coefficient (Wildman–Crippen LogP) is 4.53. The van der Waals surface area contributed by atoms with Gasteiger partial charge in [-0.3, -0.25) is 4.79 Å². The molecule has 5 rings (SSSR count). The molecule has 2 aromatic carbocycles. The van der Waals surface area contributed by atoms with Gasteiger partial charge in [-0.05, 0) is 23.8 Å². The van der Waals surface area contributed by atoms with Gasteiger partial charge in [-0.2, -0.15) is 0 Å². The lowest BCUT2D eigenvalue weighted by molar-refractivity contribution is 0.0696. The molecule has 1 aliphatic rings. The van der Waals surface area contributed by atoms with Crippen molar-refractivity contribution >= 4 is 46.0 Å². The molecule has 3 N–H and O–H groups in total. The van der Waals surface area contributed by atoms with Crippen LogP contribution in [-0.4, -0.2) is 44.7 Å². The van der Waals surface area contributed by atoms with E-state index in [-0.39, 0.29) is 34.7 Å². The number of amides is 1. The molecule has 1 unspecified atom stereocenters. The highest BCUT2D eigenvalue weighted by atomic mass is 35.5. The topological polar surface area (TPSA) is 118 Å². The number of halogens is 2. The van der Waals surface area contributed by atoms with E-state index in [0.717, 1.165) is 5.56 Å². The number of benzene rings is 2. The molecule has 0 spiro atoms. The molecule has 1 aliphatic heterocycles. The Labute approximate surface area is 215 Å². The minimum Gasteiger partial charge on any atom is -0.484 e. The van der Waals surface area contributed by atoms with E-state index in [1.807, 2.05) is 0 Å². The van der Waals surface area contributed by atoms with Gasteiger partial charge in [0, 0.05) is 43.9 Å². The molecule has 3 heterocycles. The van der Waals surface area contributed by atoms with Gasteiger partial charge in [0.15, 0.2) is 0 Å². The van der Waals surface area contributed by atoms with Crippen LogP contribution in [0.5, 0.6) is 5.75 Å². The zero-order valence-corrected chi connectivity index (χ0v) is 20.7. The molecular weight excluding hydrogens is 507 g/mol. The van der Waals surface area contributed by atoms with Gasteiger partial charge >= 0.3 is 5.97 Å². The van der Waals surface area contributed by atoms with Gasteiger partial charge in [-0.1, -0.05) is 35.3 Å². The molecule has 2 aromatic heterocycles. The summed E-state index contributed by atoms with van der Waals surface area (Å²) in [5.74, 6) is -0.333. The SMILES string of the molecule is Cn1c(C(=O)NC2(c3ccc(C(=O)O)cc3)CCOC2)cc2c(Cl)c(Cl)c(OCc3ncc[nH]3)cc21. The van der Waals surface area contributed by atoms with Crippen LogP contribution in [0.25, 0.3) is 10.9 Å².